The van der Waals surface area contributed by atoms with Gasteiger partial charge in [0.05, 0.1) is 6.04 Å². The fourth-order valence-corrected chi connectivity index (χ4v) is 3.69. The summed E-state index contributed by atoms with van der Waals surface area (Å²) < 4.78 is 5.13. The average molecular weight is 468 g/mol. The zero-order chi connectivity index (χ0) is 23.8. The summed E-state index contributed by atoms with van der Waals surface area (Å²) in [5.41, 5.74) is 5.74. The molecule has 0 aliphatic heterocycles. The first-order valence-electron chi connectivity index (χ1n) is 10.7. The number of rotatable bonds is 16. The summed E-state index contributed by atoms with van der Waals surface area (Å²) in [6.07, 6.45) is 4.08. The Labute approximate surface area is 192 Å². The van der Waals surface area contributed by atoms with Crippen LogP contribution in [0.4, 0.5) is 0 Å². The second-order valence-corrected chi connectivity index (χ2v) is 8.39. The number of hydrogen-bond acceptors (Lipinski definition) is 7. The minimum Gasteiger partial charge on any atom is -0.481 e. The zero-order valence-electron chi connectivity index (χ0n) is 18.4. The van der Waals surface area contributed by atoms with Gasteiger partial charge in [-0.2, -0.15) is 11.8 Å². The number of carbonyl (C=O) groups excluding carboxylic acids is 3. The fourth-order valence-electron chi connectivity index (χ4n) is 2.64. The van der Waals surface area contributed by atoms with E-state index < -0.39 is 35.8 Å². The van der Waals surface area contributed by atoms with Gasteiger partial charge < -0.3 is 26.2 Å². The van der Waals surface area contributed by atoms with Crippen LogP contribution in [-0.2, 0) is 19.2 Å². The van der Waals surface area contributed by atoms with Gasteiger partial charge in [0.25, 0.3) is 0 Å². The molecule has 0 saturated carbocycles. The highest BCUT2D eigenvalue weighted by Gasteiger charge is 2.24. The van der Waals surface area contributed by atoms with Crippen molar-refractivity contribution in [3.8, 4) is 5.75 Å². The van der Waals surface area contributed by atoms with E-state index in [2.05, 4.69) is 17.6 Å². The van der Waals surface area contributed by atoms with Crippen molar-refractivity contribution in [1.82, 2.24) is 10.6 Å². The lowest BCUT2D eigenvalue weighted by Crippen LogP contribution is -2.53. The molecule has 0 bridgehead atoms. The van der Waals surface area contributed by atoms with Crippen molar-refractivity contribution in [2.24, 2.45) is 5.73 Å². The van der Waals surface area contributed by atoms with E-state index >= 15 is 0 Å². The Balaban J connectivity index is 2.58. The molecule has 0 heterocycles. The third-order valence-corrected chi connectivity index (χ3v) is 5.59. The highest BCUT2D eigenvalue weighted by atomic mass is 32.2. The first-order valence-corrected chi connectivity index (χ1v) is 11.9. The van der Waals surface area contributed by atoms with E-state index in [1.165, 1.54) is 11.8 Å². The van der Waals surface area contributed by atoms with E-state index in [0.717, 1.165) is 31.4 Å². The monoisotopic (exact) mass is 467 g/mol. The molecule has 0 saturated heterocycles. The number of amides is 2. The predicted octanol–water partition coefficient (Wildman–Crippen LogP) is 1.70. The van der Waals surface area contributed by atoms with E-state index in [-0.39, 0.29) is 19.4 Å². The van der Waals surface area contributed by atoms with E-state index in [0.29, 0.717) is 11.5 Å². The van der Waals surface area contributed by atoms with Crippen molar-refractivity contribution in [2.45, 2.75) is 57.5 Å². The molecule has 0 spiro atoms. The molecule has 0 radical (unpaired) electrons. The van der Waals surface area contributed by atoms with Gasteiger partial charge in [0.2, 0.25) is 11.8 Å². The third kappa shape index (κ3) is 12.3. The Bertz CT molecular complexity index is 732. The second kappa shape index (κ2) is 16.1. The predicted molar refractivity (Wildman–Crippen MR) is 123 cm³/mol. The van der Waals surface area contributed by atoms with E-state index in [4.69, 9.17) is 15.6 Å². The highest BCUT2D eigenvalue weighted by Crippen LogP contribution is 2.10. The average Bonchev–Trinajstić information content (AvgIpc) is 2.77. The molecule has 5 N–H and O–H groups in total. The molecule has 178 valence electrons. The van der Waals surface area contributed by atoms with Crippen LogP contribution in [-0.4, -0.2) is 59.0 Å². The summed E-state index contributed by atoms with van der Waals surface area (Å²) in [6, 6.07) is 6.52. The molecule has 0 aliphatic carbocycles. The lowest BCUT2D eigenvalue weighted by molar-refractivity contribution is -0.137. The Morgan fingerprint density at radius 1 is 1.09 bits per heavy atom. The fraction of sp³-hybridized carbons (Fsp3) is 0.545. The van der Waals surface area contributed by atoms with Crippen molar-refractivity contribution in [3.63, 3.8) is 0 Å². The van der Waals surface area contributed by atoms with Crippen LogP contribution in [0.3, 0.4) is 0 Å². The molecule has 0 fully saturated rings. The SMILES string of the molecule is CCCCCCSC[C@H](NC(=O)[C@@H](N)CCC(=O)O)C(=O)NCC(=O)Oc1ccccc1. The lowest BCUT2D eigenvalue weighted by Gasteiger charge is -2.20. The van der Waals surface area contributed by atoms with Crippen molar-refractivity contribution in [1.29, 1.82) is 0 Å². The first-order chi connectivity index (χ1) is 15.3. The molecule has 32 heavy (non-hydrogen) atoms. The van der Waals surface area contributed by atoms with Crippen molar-refractivity contribution in [3.05, 3.63) is 30.3 Å². The maximum Gasteiger partial charge on any atom is 0.330 e. The van der Waals surface area contributed by atoms with Crippen molar-refractivity contribution >= 4 is 35.5 Å². The molecule has 10 heteroatoms. The van der Waals surface area contributed by atoms with Gasteiger partial charge in [0, 0.05) is 12.2 Å². The maximum absolute atomic E-state index is 12.6. The Kier molecular flexibility index (Phi) is 13.8. The number of hydrogen-bond donors (Lipinski definition) is 4. The van der Waals surface area contributed by atoms with Crippen LogP contribution in [0.2, 0.25) is 0 Å². The molecule has 1 rings (SSSR count). The highest BCUT2D eigenvalue weighted by molar-refractivity contribution is 7.99. The van der Waals surface area contributed by atoms with Gasteiger partial charge in [-0.1, -0.05) is 44.4 Å². The quantitative estimate of drug-likeness (QED) is 0.163. The molecule has 1 aromatic carbocycles. The first kappa shape index (κ1) is 27.4. The van der Waals surface area contributed by atoms with Crippen LogP contribution in [0.15, 0.2) is 30.3 Å². The molecule has 9 nitrogen and oxygen atoms in total. The number of nitrogens with two attached hydrogens (primary N) is 1. The summed E-state index contributed by atoms with van der Waals surface area (Å²) in [6.45, 7) is 1.77. The lowest BCUT2D eigenvalue weighted by atomic mass is 10.1. The van der Waals surface area contributed by atoms with Crippen molar-refractivity contribution < 1.29 is 29.0 Å². The second-order valence-electron chi connectivity index (χ2n) is 7.24. The van der Waals surface area contributed by atoms with E-state index in [1.807, 2.05) is 0 Å². The number of para-hydroxylation sites is 1. The van der Waals surface area contributed by atoms with Crippen LogP contribution in [0.1, 0.15) is 45.4 Å². The topological polar surface area (TPSA) is 148 Å². The molecule has 2 amide bonds. The number of aliphatic carboxylic acids is 1. The van der Waals surface area contributed by atoms with Gasteiger partial charge >= 0.3 is 11.9 Å². The maximum atomic E-state index is 12.6. The Morgan fingerprint density at radius 2 is 1.81 bits per heavy atom. The van der Waals surface area contributed by atoms with Crippen LogP contribution in [0.25, 0.3) is 0 Å². The van der Waals surface area contributed by atoms with Crippen LogP contribution in [0.5, 0.6) is 5.75 Å². The normalized spacial score (nSPS) is 12.4. The van der Waals surface area contributed by atoms with Crippen LogP contribution in [0, 0.1) is 0 Å². The van der Waals surface area contributed by atoms with E-state index in [1.54, 1.807) is 30.3 Å². The van der Waals surface area contributed by atoms with Gasteiger partial charge in [0.1, 0.15) is 18.3 Å². The van der Waals surface area contributed by atoms with Gasteiger partial charge in [-0.3, -0.25) is 14.4 Å². The largest absolute Gasteiger partial charge is 0.481 e. The number of benzene rings is 1. The summed E-state index contributed by atoms with van der Waals surface area (Å²) in [5.74, 6) is -1.32. The van der Waals surface area contributed by atoms with Crippen LogP contribution < -0.4 is 21.1 Å². The number of thioether (sulfide) groups is 1. The molecule has 1 aromatic rings. The molecular formula is C22H33N3O6S. The third-order valence-electron chi connectivity index (χ3n) is 4.45. The number of nitrogens with one attached hydrogen (secondary N) is 2. The molecule has 0 aromatic heterocycles. The summed E-state index contributed by atoms with van der Waals surface area (Å²) >= 11 is 1.52. The number of unbranched alkanes of at least 4 members (excludes halogenated alkanes) is 3. The Morgan fingerprint density at radius 3 is 2.47 bits per heavy atom. The number of esters is 1. The molecule has 0 unspecified atom stereocenters. The number of ether oxygens (including phenoxy) is 1. The number of carbonyl (C=O) groups is 4. The number of carboxylic acid groups (broad SMARTS) is 1. The summed E-state index contributed by atoms with van der Waals surface area (Å²) in [5, 5.41) is 13.8. The van der Waals surface area contributed by atoms with Gasteiger partial charge in [-0.15, -0.1) is 0 Å². The number of carboxylic acids is 1. The van der Waals surface area contributed by atoms with Gasteiger partial charge in [-0.05, 0) is 30.7 Å². The van der Waals surface area contributed by atoms with Gasteiger partial charge in [0.15, 0.2) is 0 Å². The standard InChI is InChI=1S/C22H33N3O6S/c1-2-3-4-8-13-32-15-18(25-21(29)17(23)11-12-19(26)27)22(30)24-14-20(28)31-16-9-6-5-7-10-16/h5-7,9-10,17-18H,2-4,8,11-15,23H2,1H3,(H,24,30)(H,25,29)(H,26,27)/t17-,18-/m0/s1. The van der Waals surface area contributed by atoms with Gasteiger partial charge in [-0.25, -0.2) is 4.79 Å². The van der Waals surface area contributed by atoms with Crippen LogP contribution >= 0.6 is 11.8 Å². The van der Waals surface area contributed by atoms with Crippen molar-refractivity contribution in [2.75, 3.05) is 18.1 Å². The summed E-state index contributed by atoms with van der Waals surface area (Å²) in [4.78, 5) is 47.6. The zero-order valence-corrected chi connectivity index (χ0v) is 19.2. The molecule has 0 aliphatic rings. The minimum atomic E-state index is -1.05. The van der Waals surface area contributed by atoms with E-state index in [9.17, 15) is 19.2 Å². The Hall–Kier alpha value is -2.59. The molecule has 2 atom stereocenters. The minimum absolute atomic E-state index is 0.0386. The summed E-state index contributed by atoms with van der Waals surface area (Å²) in [7, 11) is 0. The molecular weight excluding hydrogens is 434 g/mol. The smallest absolute Gasteiger partial charge is 0.330 e.